The highest BCUT2D eigenvalue weighted by molar-refractivity contribution is 4.61. The number of hydrogen-bond acceptors (Lipinski definition) is 1. The molecule has 52 valence electrons. The molecule has 0 aliphatic heterocycles. The lowest BCUT2D eigenvalue weighted by molar-refractivity contribution is 0.350. The lowest BCUT2D eigenvalue weighted by Crippen LogP contribution is -2.21. The van der Waals surface area contributed by atoms with Crippen LogP contribution in [0.2, 0.25) is 0 Å². The maximum Gasteiger partial charge on any atom is 0.227 e. The minimum absolute atomic E-state index is 0.635. The van der Waals surface area contributed by atoms with Crippen LogP contribution in [-0.4, -0.2) is 31.6 Å². The molecule has 0 N–H and O–H groups in total. The van der Waals surface area contributed by atoms with Gasteiger partial charge in [0.25, 0.3) is 0 Å². The molecule has 0 fully saturated rings. The van der Waals surface area contributed by atoms with Crippen molar-refractivity contribution in [2.24, 2.45) is 0 Å². The first-order valence-corrected chi connectivity index (χ1v) is 3.33. The van der Waals surface area contributed by atoms with Gasteiger partial charge in [0.15, 0.2) is 0 Å². The average molecular weight is 126 g/mol. The topological polar surface area (TPSA) is 7.60 Å². The minimum Gasteiger partial charge on any atom is -0.316 e. The van der Waals surface area contributed by atoms with E-state index in [1.807, 2.05) is 0 Å². The van der Waals surface area contributed by atoms with Gasteiger partial charge in [0.1, 0.15) is 0 Å². The van der Waals surface area contributed by atoms with Crippen molar-refractivity contribution in [3.63, 3.8) is 0 Å². The lowest BCUT2D eigenvalue weighted by Gasteiger charge is -2.10. The third-order valence-electron chi connectivity index (χ3n) is 1.20. The van der Waals surface area contributed by atoms with Gasteiger partial charge in [0.2, 0.25) is 6.54 Å². The molecule has 0 aliphatic carbocycles. The van der Waals surface area contributed by atoms with Gasteiger partial charge in [-0.2, -0.15) is 0 Å². The normalized spacial score (nSPS) is 9.56. The van der Waals surface area contributed by atoms with E-state index in [-0.39, 0.29) is 0 Å². The monoisotopic (exact) mass is 126 g/mol. The zero-order chi connectivity index (χ0) is 7.11. The summed E-state index contributed by atoms with van der Waals surface area (Å²) in [6.45, 7) is 11.3. The summed E-state index contributed by atoms with van der Waals surface area (Å²) in [7, 11) is 2.05. The number of nitrogens with zero attached hydrogens (tertiary/aromatic N) is 2. The van der Waals surface area contributed by atoms with Crippen LogP contribution in [0, 0.1) is 6.57 Å². The Morgan fingerprint density at radius 2 is 2.11 bits per heavy atom. The maximum absolute atomic E-state index is 6.53. The third kappa shape index (κ3) is 5.32. The van der Waals surface area contributed by atoms with E-state index in [4.69, 9.17) is 6.57 Å². The molecule has 0 unspecified atom stereocenters. The molecule has 0 spiro atoms. The molecule has 0 aromatic carbocycles. The van der Waals surface area contributed by atoms with E-state index in [2.05, 4.69) is 23.7 Å². The highest BCUT2D eigenvalue weighted by atomic mass is 15.1. The Bertz CT molecular complexity index is 93.6. The Labute approximate surface area is 57.3 Å². The van der Waals surface area contributed by atoms with E-state index in [0.29, 0.717) is 6.54 Å². The van der Waals surface area contributed by atoms with Crippen molar-refractivity contribution in [3.8, 4) is 0 Å². The van der Waals surface area contributed by atoms with Crippen LogP contribution >= 0.6 is 0 Å². The van der Waals surface area contributed by atoms with Crippen molar-refractivity contribution in [2.75, 3.05) is 26.7 Å². The van der Waals surface area contributed by atoms with Crippen molar-refractivity contribution in [1.29, 1.82) is 0 Å². The smallest absolute Gasteiger partial charge is 0.227 e. The Morgan fingerprint density at radius 3 is 2.56 bits per heavy atom. The van der Waals surface area contributed by atoms with E-state index >= 15 is 0 Å². The van der Waals surface area contributed by atoms with Gasteiger partial charge in [0, 0.05) is 0 Å². The van der Waals surface area contributed by atoms with E-state index in [1.165, 1.54) is 6.42 Å². The number of likely N-dealkylation sites (N-methyl/N-ethyl adjacent to an activating group) is 1. The summed E-state index contributed by atoms with van der Waals surface area (Å²) in [6.07, 6.45) is 1.18. The fourth-order valence-corrected chi connectivity index (χ4v) is 0.714. The van der Waals surface area contributed by atoms with Crippen LogP contribution in [0.4, 0.5) is 0 Å². The van der Waals surface area contributed by atoms with Gasteiger partial charge in [-0.1, -0.05) is 6.92 Å². The van der Waals surface area contributed by atoms with Gasteiger partial charge in [-0.3, -0.25) is 4.90 Å². The SMILES string of the molecule is [C-]#[N+]CCN(C)CCC. The molecular formula is C7H14N2. The number of hydrogen-bond donors (Lipinski definition) is 0. The van der Waals surface area contributed by atoms with Gasteiger partial charge < -0.3 is 4.85 Å². The fourth-order valence-electron chi connectivity index (χ4n) is 0.714. The molecule has 0 heterocycles. The summed E-state index contributed by atoms with van der Waals surface area (Å²) in [5.41, 5.74) is 0. The van der Waals surface area contributed by atoms with Gasteiger partial charge in [-0.05, 0) is 20.0 Å². The second kappa shape index (κ2) is 5.58. The van der Waals surface area contributed by atoms with Crippen molar-refractivity contribution < 1.29 is 0 Å². The summed E-state index contributed by atoms with van der Waals surface area (Å²) >= 11 is 0. The molecule has 0 saturated heterocycles. The lowest BCUT2D eigenvalue weighted by atomic mass is 10.4. The standard InChI is InChI=1S/C7H14N2/c1-4-6-9(3)7-5-8-2/h4-7H2,1,3H3. The Hall–Kier alpha value is -0.550. The fraction of sp³-hybridized carbons (Fsp3) is 0.857. The summed E-state index contributed by atoms with van der Waals surface area (Å²) in [6, 6.07) is 0. The molecule has 0 aromatic heterocycles. The Balaban J connectivity index is 3.07. The van der Waals surface area contributed by atoms with Crippen LogP contribution in [0.3, 0.4) is 0 Å². The molecule has 0 aliphatic rings. The van der Waals surface area contributed by atoms with Gasteiger partial charge in [-0.25, -0.2) is 6.57 Å². The molecule has 0 rings (SSSR count). The van der Waals surface area contributed by atoms with Crippen LogP contribution in [0.5, 0.6) is 0 Å². The predicted molar refractivity (Wildman–Crippen MR) is 39.3 cm³/mol. The Morgan fingerprint density at radius 1 is 1.44 bits per heavy atom. The largest absolute Gasteiger partial charge is 0.316 e. The quantitative estimate of drug-likeness (QED) is 0.514. The zero-order valence-electron chi connectivity index (χ0n) is 6.22. The molecule has 9 heavy (non-hydrogen) atoms. The molecule has 2 heteroatoms. The van der Waals surface area contributed by atoms with Gasteiger partial charge in [-0.15, -0.1) is 0 Å². The van der Waals surface area contributed by atoms with Crippen LogP contribution in [0.1, 0.15) is 13.3 Å². The van der Waals surface area contributed by atoms with Gasteiger partial charge >= 0.3 is 0 Å². The van der Waals surface area contributed by atoms with Crippen molar-refractivity contribution in [2.45, 2.75) is 13.3 Å². The molecule has 2 nitrogen and oxygen atoms in total. The summed E-state index contributed by atoms with van der Waals surface area (Å²) in [5, 5.41) is 0. The van der Waals surface area contributed by atoms with E-state index in [0.717, 1.165) is 13.1 Å². The maximum atomic E-state index is 6.53. The highest BCUT2D eigenvalue weighted by Crippen LogP contribution is 1.84. The van der Waals surface area contributed by atoms with Crippen LogP contribution in [0.25, 0.3) is 4.85 Å². The molecule has 0 saturated carbocycles. The first-order chi connectivity index (χ1) is 4.31. The van der Waals surface area contributed by atoms with Crippen molar-refractivity contribution >= 4 is 0 Å². The molecule has 0 atom stereocenters. The average Bonchev–Trinajstić information content (AvgIpc) is 1.85. The molecule has 0 radical (unpaired) electrons. The first-order valence-electron chi connectivity index (χ1n) is 3.33. The predicted octanol–water partition coefficient (Wildman–Crippen LogP) is 1.25. The highest BCUT2D eigenvalue weighted by Gasteiger charge is 1.95. The van der Waals surface area contributed by atoms with Crippen LogP contribution < -0.4 is 0 Å². The molecule has 0 amide bonds. The minimum atomic E-state index is 0.635. The number of rotatable bonds is 4. The van der Waals surface area contributed by atoms with Crippen molar-refractivity contribution in [1.82, 2.24) is 4.90 Å². The summed E-state index contributed by atoms with van der Waals surface area (Å²) in [4.78, 5) is 5.44. The molecular weight excluding hydrogens is 112 g/mol. The Kier molecular flexibility index (Phi) is 5.24. The van der Waals surface area contributed by atoms with Crippen LogP contribution in [0.15, 0.2) is 0 Å². The van der Waals surface area contributed by atoms with Gasteiger partial charge in [0.05, 0.1) is 6.54 Å². The van der Waals surface area contributed by atoms with Crippen molar-refractivity contribution in [3.05, 3.63) is 11.4 Å². The first kappa shape index (κ1) is 8.45. The zero-order valence-corrected chi connectivity index (χ0v) is 6.22. The molecule has 0 aromatic rings. The summed E-state index contributed by atoms with van der Waals surface area (Å²) < 4.78 is 0. The second-order valence-corrected chi connectivity index (χ2v) is 2.18. The molecule has 0 bridgehead atoms. The van der Waals surface area contributed by atoms with Crippen LogP contribution in [-0.2, 0) is 0 Å². The van der Waals surface area contributed by atoms with E-state index in [9.17, 15) is 0 Å². The van der Waals surface area contributed by atoms with E-state index < -0.39 is 0 Å². The second-order valence-electron chi connectivity index (χ2n) is 2.18. The summed E-state index contributed by atoms with van der Waals surface area (Å²) in [5.74, 6) is 0. The third-order valence-corrected chi connectivity index (χ3v) is 1.20. The van der Waals surface area contributed by atoms with E-state index in [1.54, 1.807) is 0 Å².